The van der Waals surface area contributed by atoms with Gasteiger partial charge in [-0.2, -0.15) is 0 Å². The van der Waals surface area contributed by atoms with Crippen LogP contribution in [0.1, 0.15) is 25.3 Å². The molecule has 0 N–H and O–H groups in total. The highest BCUT2D eigenvalue weighted by Gasteiger charge is 2.23. The lowest BCUT2D eigenvalue weighted by atomic mass is 10.0. The summed E-state index contributed by atoms with van der Waals surface area (Å²) in [4.78, 5) is 22.8. The van der Waals surface area contributed by atoms with Crippen molar-refractivity contribution in [3.63, 3.8) is 0 Å². The molecular weight excluding hydrogens is 239 g/mol. The molecule has 0 heterocycles. The lowest BCUT2D eigenvalue weighted by Crippen LogP contribution is -2.26. The van der Waals surface area contributed by atoms with E-state index in [4.69, 9.17) is 4.74 Å². The fourth-order valence-electron chi connectivity index (χ4n) is 1.30. The predicted octanol–water partition coefficient (Wildman–Crippen LogP) is 2.06. The maximum Gasteiger partial charge on any atom is 0.349 e. The van der Waals surface area contributed by atoms with Crippen molar-refractivity contribution in [2.24, 2.45) is 0 Å². The van der Waals surface area contributed by atoms with Gasteiger partial charge in [-0.1, -0.05) is 30.3 Å². The van der Waals surface area contributed by atoms with Gasteiger partial charge in [0.2, 0.25) is 0 Å². The van der Waals surface area contributed by atoms with Gasteiger partial charge in [0.05, 0.1) is 15.4 Å². The Morgan fingerprint density at radius 2 is 1.71 bits per heavy atom. The Hall–Kier alpha value is -1.41. The highest BCUT2D eigenvalue weighted by molar-refractivity contribution is 7.10. The molecule has 0 aliphatic rings. The zero-order valence-corrected chi connectivity index (χ0v) is 10.9. The van der Waals surface area contributed by atoms with E-state index in [0.29, 0.717) is 0 Å². The number of carbonyl (C=O) groups is 2. The molecule has 17 heavy (non-hydrogen) atoms. The Kier molecular flexibility index (Phi) is 5.11. The van der Waals surface area contributed by atoms with E-state index in [9.17, 15) is 9.59 Å². The van der Waals surface area contributed by atoms with Crippen LogP contribution < -0.4 is 0 Å². The second-order valence-corrected chi connectivity index (χ2v) is 3.88. The standard InChI is InChI=1S/C12H15O4P/c1-8(10-6-4-3-5-7-10)11(13)15-9(2)12(14)16-17/h3-9H,17H2,1-2H3/t8-,9-/m0/s1. The molecule has 0 aliphatic carbocycles. The Morgan fingerprint density at radius 3 is 2.24 bits per heavy atom. The third-order valence-corrected chi connectivity index (χ3v) is 2.63. The van der Waals surface area contributed by atoms with Crippen LogP contribution in [-0.2, 0) is 18.8 Å². The average Bonchev–Trinajstić information content (AvgIpc) is 2.37. The normalized spacial score (nSPS) is 13.6. The minimum Gasteiger partial charge on any atom is -0.450 e. The van der Waals surface area contributed by atoms with Crippen LogP contribution >= 0.6 is 9.47 Å². The molecule has 0 saturated carbocycles. The minimum atomic E-state index is -0.897. The molecule has 1 rings (SSSR count). The minimum absolute atomic E-state index is 0.407. The lowest BCUT2D eigenvalue weighted by Gasteiger charge is -2.15. The van der Waals surface area contributed by atoms with E-state index in [1.165, 1.54) is 6.92 Å². The molecule has 0 radical (unpaired) electrons. The maximum absolute atomic E-state index is 11.7. The van der Waals surface area contributed by atoms with E-state index in [-0.39, 0.29) is 0 Å². The number of rotatable bonds is 4. The molecule has 0 amide bonds. The van der Waals surface area contributed by atoms with Gasteiger partial charge >= 0.3 is 11.9 Å². The molecule has 1 aromatic rings. The molecule has 5 heteroatoms. The van der Waals surface area contributed by atoms with E-state index >= 15 is 0 Å². The smallest absolute Gasteiger partial charge is 0.349 e. The van der Waals surface area contributed by atoms with Crippen LogP contribution in [0.5, 0.6) is 0 Å². The number of hydrogen-bond donors (Lipinski definition) is 0. The summed E-state index contributed by atoms with van der Waals surface area (Å²) >= 11 is 0. The van der Waals surface area contributed by atoms with Gasteiger partial charge in [0, 0.05) is 0 Å². The van der Waals surface area contributed by atoms with Crippen LogP contribution in [0.2, 0.25) is 0 Å². The lowest BCUT2D eigenvalue weighted by molar-refractivity contribution is -0.161. The average molecular weight is 254 g/mol. The van der Waals surface area contributed by atoms with Gasteiger partial charge in [0.25, 0.3) is 0 Å². The van der Waals surface area contributed by atoms with Crippen LogP contribution in [0.25, 0.3) is 0 Å². The van der Waals surface area contributed by atoms with Crippen molar-refractivity contribution in [1.29, 1.82) is 0 Å². The number of esters is 1. The number of carbonyl (C=O) groups excluding carboxylic acids is 2. The van der Waals surface area contributed by atoms with E-state index in [1.807, 2.05) is 39.8 Å². The van der Waals surface area contributed by atoms with Crippen molar-refractivity contribution in [3.8, 4) is 0 Å². The van der Waals surface area contributed by atoms with Gasteiger partial charge in [0.15, 0.2) is 6.10 Å². The summed E-state index contributed by atoms with van der Waals surface area (Å²) < 4.78 is 9.39. The van der Waals surface area contributed by atoms with Crippen molar-refractivity contribution >= 4 is 21.4 Å². The Balaban J connectivity index is 2.62. The molecule has 1 unspecified atom stereocenters. The van der Waals surface area contributed by atoms with E-state index in [1.54, 1.807) is 6.92 Å². The van der Waals surface area contributed by atoms with Crippen molar-refractivity contribution in [1.82, 2.24) is 0 Å². The molecule has 1 aromatic carbocycles. The zero-order valence-electron chi connectivity index (χ0n) is 9.75. The summed E-state index contributed by atoms with van der Waals surface area (Å²) in [5.41, 5.74) is 0.851. The van der Waals surface area contributed by atoms with Gasteiger partial charge in [0.1, 0.15) is 0 Å². The predicted molar refractivity (Wildman–Crippen MR) is 66.2 cm³/mol. The molecule has 0 fully saturated rings. The highest BCUT2D eigenvalue weighted by Crippen LogP contribution is 2.17. The second kappa shape index (κ2) is 6.36. The fourth-order valence-corrected chi connectivity index (χ4v) is 1.49. The summed E-state index contributed by atoms with van der Waals surface area (Å²) in [5, 5.41) is 0. The van der Waals surface area contributed by atoms with E-state index < -0.39 is 24.0 Å². The Morgan fingerprint density at radius 1 is 1.12 bits per heavy atom. The van der Waals surface area contributed by atoms with Gasteiger partial charge in [-0.05, 0) is 19.4 Å². The number of hydrogen-bond acceptors (Lipinski definition) is 4. The van der Waals surface area contributed by atoms with Gasteiger partial charge in [-0.15, -0.1) is 0 Å². The largest absolute Gasteiger partial charge is 0.450 e. The molecule has 4 nitrogen and oxygen atoms in total. The Bertz CT molecular complexity index is 391. The molecule has 3 atom stereocenters. The summed E-state index contributed by atoms with van der Waals surface area (Å²) in [5.74, 6) is -1.45. The summed E-state index contributed by atoms with van der Waals surface area (Å²) in [6.45, 7) is 3.21. The first-order valence-electron chi connectivity index (χ1n) is 5.22. The molecule has 92 valence electrons. The van der Waals surface area contributed by atoms with Gasteiger partial charge < -0.3 is 9.26 Å². The van der Waals surface area contributed by atoms with Gasteiger partial charge in [-0.3, -0.25) is 4.79 Å². The molecule has 0 bridgehead atoms. The molecule has 0 spiro atoms. The first kappa shape index (κ1) is 13.7. The van der Waals surface area contributed by atoms with Crippen LogP contribution in [-0.4, -0.2) is 18.0 Å². The number of benzene rings is 1. The van der Waals surface area contributed by atoms with E-state index in [2.05, 4.69) is 4.52 Å². The molecule has 0 aromatic heterocycles. The number of ether oxygens (including phenoxy) is 1. The second-order valence-electron chi connectivity index (χ2n) is 3.65. The first-order chi connectivity index (χ1) is 8.06. The molecule has 0 saturated heterocycles. The van der Waals surface area contributed by atoms with Crippen molar-refractivity contribution in [2.45, 2.75) is 25.9 Å². The van der Waals surface area contributed by atoms with E-state index in [0.717, 1.165) is 5.56 Å². The van der Waals surface area contributed by atoms with Crippen LogP contribution in [0.3, 0.4) is 0 Å². The highest BCUT2D eigenvalue weighted by atomic mass is 31.0. The third kappa shape index (κ3) is 3.82. The maximum atomic E-state index is 11.7. The fraction of sp³-hybridized carbons (Fsp3) is 0.333. The SMILES string of the molecule is C[C@H](OC(=O)[C@@H](C)c1ccccc1)C(=O)OP. The zero-order chi connectivity index (χ0) is 12.8. The summed E-state index contributed by atoms with van der Waals surface area (Å²) in [6, 6.07) is 9.24. The summed E-state index contributed by atoms with van der Waals surface area (Å²) in [6.07, 6.45) is -0.897. The Labute approximate surface area is 103 Å². The van der Waals surface area contributed by atoms with Crippen LogP contribution in [0, 0.1) is 0 Å². The van der Waals surface area contributed by atoms with Crippen molar-refractivity contribution in [2.75, 3.05) is 0 Å². The molecule has 0 aliphatic heterocycles. The molecular formula is C12H15O4P. The van der Waals surface area contributed by atoms with Crippen molar-refractivity contribution < 1.29 is 18.8 Å². The van der Waals surface area contributed by atoms with Crippen LogP contribution in [0.4, 0.5) is 0 Å². The third-order valence-electron chi connectivity index (χ3n) is 2.39. The quantitative estimate of drug-likeness (QED) is 0.609. The topological polar surface area (TPSA) is 52.6 Å². The monoisotopic (exact) mass is 254 g/mol. The summed E-state index contributed by atoms with van der Waals surface area (Å²) in [7, 11) is 1.83. The van der Waals surface area contributed by atoms with Gasteiger partial charge in [-0.25, -0.2) is 4.79 Å². The first-order valence-corrected chi connectivity index (χ1v) is 5.69. The van der Waals surface area contributed by atoms with Crippen molar-refractivity contribution in [3.05, 3.63) is 35.9 Å². The van der Waals surface area contributed by atoms with Crippen LogP contribution in [0.15, 0.2) is 30.3 Å².